The van der Waals surface area contributed by atoms with Gasteiger partial charge in [-0.3, -0.25) is 4.79 Å². The molecule has 1 aliphatic rings. The first-order chi connectivity index (χ1) is 13.2. The average Bonchev–Trinajstić information content (AvgIpc) is 2.66. The summed E-state index contributed by atoms with van der Waals surface area (Å²) in [5.41, 5.74) is 1.17. The number of amides is 1. The molecular weight excluding hydrogens is 330 g/mol. The van der Waals surface area contributed by atoms with E-state index in [1.165, 1.54) is 115 Å². The summed E-state index contributed by atoms with van der Waals surface area (Å²) >= 11 is 0. The Balaban J connectivity index is 1.82. The van der Waals surface area contributed by atoms with Crippen LogP contribution >= 0.6 is 0 Å². The van der Waals surface area contributed by atoms with Gasteiger partial charge in [0.2, 0.25) is 5.91 Å². The number of carbonyl (C=O) groups excluding carboxylic acids is 1. The summed E-state index contributed by atoms with van der Waals surface area (Å²) in [6.07, 6.45) is 25.9. The molecule has 27 heavy (non-hydrogen) atoms. The van der Waals surface area contributed by atoms with Crippen molar-refractivity contribution in [2.75, 3.05) is 0 Å². The van der Waals surface area contributed by atoms with Crippen LogP contribution in [-0.4, -0.2) is 11.6 Å². The quantitative estimate of drug-likeness (QED) is 0.248. The van der Waals surface area contributed by atoms with Gasteiger partial charge in [-0.25, -0.2) is 4.99 Å². The first-order valence-electron chi connectivity index (χ1n) is 12.3. The third-order valence-electron chi connectivity index (χ3n) is 6.15. The molecule has 0 aromatic rings. The van der Waals surface area contributed by atoms with Crippen molar-refractivity contribution in [1.82, 2.24) is 0 Å². The van der Waals surface area contributed by atoms with E-state index in [0.717, 1.165) is 12.8 Å². The van der Waals surface area contributed by atoms with E-state index < -0.39 is 0 Å². The summed E-state index contributed by atoms with van der Waals surface area (Å²) in [6, 6.07) is 0. The molecular formula is C25H47NO. The Morgan fingerprint density at radius 1 is 0.778 bits per heavy atom. The molecule has 0 radical (unpaired) electrons. The molecule has 0 bridgehead atoms. The van der Waals surface area contributed by atoms with Gasteiger partial charge >= 0.3 is 0 Å². The zero-order valence-corrected chi connectivity index (χ0v) is 18.6. The fraction of sp³-hybridized carbons (Fsp3) is 0.920. The maximum atomic E-state index is 12.0. The molecule has 1 unspecified atom stereocenters. The Labute approximate surface area is 170 Å². The van der Waals surface area contributed by atoms with Crippen LogP contribution in [-0.2, 0) is 4.79 Å². The number of rotatable bonds is 16. The monoisotopic (exact) mass is 377 g/mol. The lowest BCUT2D eigenvalue weighted by Crippen LogP contribution is -2.17. The van der Waals surface area contributed by atoms with Crippen LogP contribution in [0.25, 0.3) is 0 Å². The smallest absolute Gasteiger partial charge is 0.245 e. The average molecular weight is 378 g/mol. The Bertz CT molecular complexity index is 388. The molecule has 1 fully saturated rings. The van der Waals surface area contributed by atoms with Crippen LogP contribution in [0, 0.1) is 5.92 Å². The van der Waals surface area contributed by atoms with E-state index in [1.807, 2.05) is 0 Å². The number of nitrogens with zero attached hydrogens (tertiary/aromatic N) is 1. The van der Waals surface area contributed by atoms with Gasteiger partial charge in [-0.05, 0) is 31.6 Å². The standard InChI is InChI=1S/C25H47NO/c1-3-4-5-6-7-8-9-10-11-12-13-14-15-16-17-22-25(27)26-24-21-19-18-20-23(24)2/h23H,3-22H2,1-2H3. The minimum Gasteiger partial charge on any atom is -0.273 e. The Morgan fingerprint density at radius 2 is 1.26 bits per heavy atom. The van der Waals surface area contributed by atoms with Crippen LogP contribution in [0.3, 0.4) is 0 Å². The number of hydrogen-bond acceptors (Lipinski definition) is 1. The van der Waals surface area contributed by atoms with Gasteiger partial charge < -0.3 is 0 Å². The lowest BCUT2D eigenvalue weighted by Gasteiger charge is -2.19. The Morgan fingerprint density at radius 3 is 1.74 bits per heavy atom. The van der Waals surface area contributed by atoms with Crippen molar-refractivity contribution in [2.24, 2.45) is 10.9 Å². The lowest BCUT2D eigenvalue weighted by atomic mass is 9.89. The molecule has 0 aliphatic heterocycles. The zero-order valence-electron chi connectivity index (χ0n) is 18.6. The molecule has 0 aromatic heterocycles. The molecule has 158 valence electrons. The van der Waals surface area contributed by atoms with Crippen molar-refractivity contribution in [3.05, 3.63) is 0 Å². The minimum absolute atomic E-state index is 0.133. The van der Waals surface area contributed by atoms with Crippen molar-refractivity contribution >= 4 is 11.6 Å². The molecule has 0 aromatic carbocycles. The van der Waals surface area contributed by atoms with Gasteiger partial charge in [0, 0.05) is 12.1 Å². The van der Waals surface area contributed by atoms with Crippen LogP contribution in [0.2, 0.25) is 0 Å². The second-order valence-corrected chi connectivity index (χ2v) is 8.84. The first-order valence-corrected chi connectivity index (χ1v) is 12.3. The first kappa shape index (κ1) is 24.4. The fourth-order valence-electron chi connectivity index (χ4n) is 4.20. The summed E-state index contributed by atoms with van der Waals surface area (Å²) in [5, 5.41) is 0. The summed E-state index contributed by atoms with van der Waals surface area (Å²) in [4.78, 5) is 16.4. The minimum atomic E-state index is 0.133. The van der Waals surface area contributed by atoms with Crippen LogP contribution in [0.4, 0.5) is 0 Å². The highest BCUT2D eigenvalue weighted by Crippen LogP contribution is 2.21. The third-order valence-corrected chi connectivity index (χ3v) is 6.15. The Kier molecular flexibility index (Phi) is 15.7. The number of aliphatic imine (C=N–C) groups is 1. The van der Waals surface area contributed by atoms with Gasteiger partial charge in [0.25, 0.3) is 0 Å². The predicted molar refractivity (Wildman–Crippen MR) is 120 cm³/mol. The number of hydrogen-bond donors (Lipinski definition) is 0. The molecule has 2 nitrogen and oxygen atoms in total. The van der Waals surface area contributed by atoms with Crippen molar-refractivity contribution in [3.8, 4) is 0 Å². The topological polar surface area (TPSA) is 29.4 Å². The molecule has 1 rings (SSSR count). The van der Waals surface area contributed by atoms with Gasteiger partial charge in [-0.2, -0.15) is 0 Å². The predicted octanol–water partition coefficient (Wildman–Crippen LogP) is 8.43. The molecule has 0 spiro atoms. The van der Waals surface area contributed by atoms with Gasteiger partial charge in [-0.15, -0.1) is 0 Å². The van der Waals surface area contributed by atoms with Crippen molar-refractivity contribution in [1.29, 1.82) is 0 Å². The summed E-state index contributed by atoms with van der Waals surface area (Å²) in [6.45, 7) is 4.51. The van der Waals surface area contributed by atoms with E-state index >= 15 is 0 Å². The van der Waals surface area contributed by atoms with Crippen LogP contribution in [0.1, 0.15) is 142 Å². The second-order valence-electron chi connectivity index (χ2n) is 8.84. The largest absolute Gasteiger partial charge is 0.273 e. The van der Waals surface area contributed by atoms with E-state index in [4.69, 9.17) is 0 Å². The van der Waals surface area contributed by atoms with Crippen molar-refractivity contribution in [3.63, 3.8) is 0 Å². The highest BCUT2D eigenvalue weighted by molar-refractivity contribution is 5.97. The van der Waals surface area contributed by atoms with Gasteiger partial charge in [0.05, 0.1) is 0 Å². The summed E-state index contributed by atoms with van der Waals surface area (Å²) in [7, 11) is 0. The summed E-state index contributed by atoms with van der Waals surface area (Å²) < 4.78 is 0. The van der Waals surface area contributed by atoms with E-state index in [0.29, 0.717) is 12.3 Å². The summed E-state index contributed by atoms with van der Waals surface area (Å²) in [5.74, 6) is 0.664. The lowest BCUT2D eigenvalue weighted by molar-refractivity contribution is -0.117. The van der Waals surface area contributed by atoms with Crippen molar-refractivity contribution < 1.29 is 4.79 Å². The van der Waals surface area contributed by atoms with Crippen LogP contribution in [0.5, 0.6) is 0 Å². The maximum Gasteiger partial charge on any atom is 0.245 e. The van der Waals surface area contributed by atoms with E-state index in [2.05, 4.69) is 18.8 Å². The Hall–Kier alpha value is -0.660. The van der Waals surface area contributed by atoms with E-state index in [1.54, 1.807) is 0 Å². The van der Waals surface area contributed by atoms with Crippen molar-refractivity contribution in [2.45, 2.75) is 142 Å². The van der Waals surface area contributed by atoms with Crippen LogP contribution in [0.15, 0.2) is 4.99 Å². The molecule has 1 saturated carbocycles. The van der Waals surface area contributed by atoms with E-state index in [-0.39, 0.29) is 5.91 Å². The second kappa shape index (κ2) is 17.4. The van der Waals surface area contributed by atoms with Gasteiger partial charge in [0.15, 0.2) is 0 Å². The molecule has 1 amide bonds. The molecule has 0 heterocycles. The van der Waals surface area contributed by atoms with Gasteiger partial charge in [0.1, 0.15) is 0 Å². The zero-order chi connectivity index (χ0) is 19.6. The van der Waals surface area contributed by atoms with E-state index in [9.17, 15) is 4.79 Å². The third kappa shape index (κ3) is 14.1. The SMILES string of the molecule is CCCCCCCCCCCCCCCCCC(=O)N=C1CCCCC1C. The highest BCUT2D eigenvalue weighted by Gasteiger charge is 2.16. The fourth-order valence-corrected chi connectivity index (χ4v) is 4.20. The number of carbonyl (C=O) groups is 1. The van der Waals surface area contributed by atoms with Crippen LogP contribution < -0.4 is 0 Å². The molecule has 2 heteroatoms. The highest BCUT2D eigenvalue weighted by atomic mass is 16.1. The van der Waals surface area contributed by atoms with Gasteiger partial charge in [-0.1, -0.05) is 110 Å². The maximum absolute atomic E-state index is 12.0. The normalized spacial score (nSPS) is 18.9. The molecule has 0 N–H and O–H groups in total. The molecule has 1 atom stereocenters. The number of unbranched alkanes of at least 4 members (excludes halogenated alkanes) is 14. The molecule has 1 aliphatic carbocycles. The molecule has 0 saturated heterocycles.